The minimum Gasteiger partial charge on any atom is -0.385 e. The smallest absolute Gasteiger partial charge is 0.253 e. The van der Waals surface area contributed by atoms with Crippen LogP contribution in [0.3, 0.4) is 0 Å². The molecular formula is C26H32ClN3O2S. The van der Waals surface area contributed by atoms with Crippen LogP contribution in [-0.2, 0) is 11.3 Å². The summed E-state index contributed by atoms with van der Waals surface area (Å²) in [4.78, 5) is 18.0. The summed E-state index contributed by atoms with van der Waals surface area (Å²) in [6, 6.07) is 9.74. The number of amides is 1. The second kappa shape index (κ2) is 11.3. The Bertz CT molecular complexity index is 1090. The number of carbonyl (C=O) groups excluding carboxylic acids is 1. The molecule has 3 aromatic rings. The molecule has 0 atom stereocenters. The van der Waals surface area contributed by atoms with Gasteiger partial charge < -0.3 is 14.6 Å². The molecule has 1 aromatic carbocycles. The Hall–Kier alpha value is -2.15. The zero-order chi connectivity index (χ0) is 23.2. The number of hydrogen-bond acceptors (Lipinski definition) is 4. The van der Waals surface area contributed by atoms with Gasteiger partial charge in [-0.05, 0) is 44.2 Å². The number of nitrogens with zero attached hydrogens (tertiary/aromatic N) is 2. The first-order chi connectivity index (χ1) is 16.1. The number of rotatable bonds is 9. The molecule has 33 heavy (non-hydrogen) atoms. The number of thiazole rings is 1. The number of carbonyl (C=O) groups is 1. The summed E-state index contributed by atoms with van der Waals surface area (Å²) < 4.78 is 7.46. The van der Waals surface area contributed by atoms with Crippen LogP contribution in [-0.4, -0.2) is 35.7 Å². The summed E-state index contributed by atoms with van der Waals surface area (Å²) in [5, 5.41) is 6.80. The Morgan fingerprint density at radius 2 is 2.06 bits per heavy atom. The van der Waals surface area contributed by atoms with Crippen LogP contribution in [0.4, 0.5) is 0 Å². The highest BCUT2D eigenvalue weighted by Gasteiger charge is 2.22. The van der Waals surface area contributed by atoms with Gasteiger partial charge in [-0.3, -0.25) is 4.79 Å². The normalized spacial score (nSPS) is 14.5. The number of methoxy groups -OCH3 is 1. The van der Waals surface area contributed by atoms with Crippen LogP contribution < -0.4 is 5.32 Å². The topological polar surface area (TPSA) is 56.2 Å². The molecule has 1 amide bonds. The van der Waals surface area contributed by atoms with E-state index in [0.29, 0.717) is 17.5 Å². The fourth-order valence-corrected chi connectivity index (χ4v) is 5.75. The Morgan fingerprint density at radius 3 is 2.82 bits per heavy atom. The highest BCUT2D eigenvalue weighted by molar-refractivity contribution is 7.13. The highest BCUT2D eigenvalue weighted by atomic mass is 35.5. The van der Waals surface area contributed by atoms with Crippen molar-refractivity contribution < 1.29 is 9.53 Å². The average molecular weight is 486 g/mol. The van der Waals surface area contributed by atoms with E-state index in [1.165, 1.54) is 32.1 Å². The van der Waals surface area contributed by atoms with Gasteiger partial charge >= 0.3 is 0 Å². The van der Waals surface area contributed by atoms with Crippen molar-refractivity contribution in [3.8, 4) is 22.0 Å². The van der Waals surface area contributed by atoms with Crippen molar-refractivity contribution in [3.05, 3.63) is 52.0 Å². The molecular weight excluding hydrogens is 454 g/mol. The average Bonchev–Trinajstić information content (AvgIpc) is 3.44. The molecule has 0 aliphatic heterocycles. The molecule has 7 heteroatoms. The van der Waals surface area contributed by atoms with Crippen molar-refractivity contribution in [3.63, 3.8) is 0 Å². The standard InChI is InChI=1S/C26H32ClN3O2S/c1-18-21(25(31)28-16-19-9-4-3-5-10-19)15-24(30(18)13-8-14-32-2)23-17-33-26(29-23)20-11-6-7-12-22(20)27/h6-7,11-12,15,17,19H,3-5,8-10,13-14,16H2,1-2H3,(H,28,31). The van der Waals surface area contributed by atoms with E-state index in [1.807, 2.05) is 42.6 Å². The van der Waals surface area contributed by atoms with Crippen molar-refractivity contribution in [1.82, 2.24) is 14.9 Å². The number of aromatic nitrogens is 2. The van der Waals surface area contributed by atoms with Gasteiger partial charge in [-0.1, -0.05) is 49.1 Å². The number of halogens is 1. The highest BCUT2D eigenvalue weighted by Crippen LogP contribution is 2.34. The van der Waals surface area contributed by atoms with Gasteiger partial charge in [-0.25, -0.2) is 4.98 Å². The summed E-state index contributed by atoms with van der Waals surface area (Å²) in [6.45, 7) is 4.22. The van der Waals surface area contributed by atoms with Crippen LogP contribution in [0.5, 0.6) is 0 Å². The Morgan fingerprint density at radius 1 is 1.27 bits per heavy atom. The SMILES string of the molecule is COCCCn1c(-c2csc(-c3ccccc3Cl)n2)cc(C(=O)NCC2CCCCC2)c1C. The first kappa shape index (κ1) is 24.0. The van der Waals surface area contributed by atoms with E-state index in [1.54, 1.807) is 18.4 Å². The van der Waals surface area contributed by atoms with Gasteiger partial charge in [0.2, 0.25) is 0 Å². The van der Waals surface area contributed by atoms with Crippen molar-refractivity contribution in [1.29, 1.82) is 0 Å². The predicted molar refractivity (Wildman–Crippen MR) is 136 cm³/mol. The summed E-state index contributed by atoms with van der Waals surface area (Å²) in [6.07, 6.45) is 7.16. The minimum atomic E-state index is 0.00590. The zero-order valence-electron chi connectivity index (χ0n) is 19.4. The largest absolute Gasteiger partial charge is 0.385 e. The monoisotopic (exact) mass is 485 g/mol. The van der Waals surface area contributed by atoms with Gasteiger partial charge in [0.15, 0.2) is 0 Å². The lowest BCUT2D eigenvalue weighted by Crippen LogP contribution is -2.30. The summed E-state index contributed by atoms with van der Waals surface area (Å²) in [5.41, 5.74) is 4.44. The lowest BCUT2D eigenvalue weighted by atomic mass is 9.89. The molecule has 1 aliphatic carbocycles. The van der Waals surface area contributed by atoms with E-state index in [-0.39, 0.29) is 5.91 Å². The Balaban J connectivity index is 1.60. The van der Waals surface area contributed by atoms with Crippen molar-refractivity contribution in [2.75, 3.05) is 20.3 Å². The Labute approximate surface area is 205 Å². The van der Waals surface area contributed by atoms with Gasteiger partial charge in [0.1, 0.15) is 5.01 Å². The lowest BCUT2D eigenvalue weighted by Gasteiger charge is -2.21. The summed E-state index contributed by atoms with van der Waals surface area (Å²) >= 11 is 7.96. The number of ether oxygens (including phenoxy) is 1. The van der Waals surface area contributed by atoms with Crippen LogP contribution in [0, 0.1) is 12.8 Å². The van der Waals surface area contributed by atoms with E-state index in [9.17, 15) is 4.79 Å². The molecule has 4 rings (SSSR count). The molecule has 2 aromatic heterocycles. The van der Waals surface area contributed by atoms with E-state index >= 15 is 0 Å². The fraction of sp³-hybridized carbons (Fsp3) is 0.462. The first-order valence-corrected chi connectivity index (χ1v) is 13.0. The molecule has 0 bridgehead atoms. The Kier molecular flexibility index (Phi) is 8.23. The predicted octanol–water partition coefficient (Wildman–Crippen LogP) is 6.59. The van der Waals surface area contributed by atoms with Gasteiger partial charge in [0.05, 0.1) is 22.0 Å². The lowest BCUT2D eigenvalue weighted by molar-refractivity contribution is 0.0943. The molecule has 2 heterocycles. The third-order valence-electron chi connectivity index (χ3n) is 6.49. The van der Waals surface area contributed by atoms with E-state index in [0.717, 1.165) is 52.7 Å². The van der Waals surface area contributed by atoms with Crippen LogP contribution in [0.25, 0.3) is 22.0 Å². The van der Waals surface area contributed by atoms with Crippen LogP contribution in [0.15, 0.2) is 35.7 Å². The fourth-order valence-electron chi connectivity index (χ4n) is 4.62. The molecule has 1 aliphatic rings. The van der Waals surface area contributed by atoms with Gasteiger partial charge in [-0.15, -0.1) is 11.3 Å². The maximum atomic E-state index is 13.1. The summed E-state index contributed by atoms with van der Waals surface area (Å²) in [5.74, 6) is 0.606. The number of benzene rings is 1. The molecule has 0 radical (unpaired) electrons. The maximum Gasteiger partial charge on any atom is 0.253 e. The van der Waals surface area contributed by atoms with Gasteiger partial charge in [0.25, 0.3) is 5.91 Å². The molecule has 0 unspecified atom stereocenters. The van der Waals surface area contributed by atoms with Gasteiger partial charge in [-0.2, -0.15) is 0 Å². The number of nitrogens with one attached hydrogen (secondary N) is 1. The molecule has 0 spiro atoms. The van der Waals surface area contributed by atoms with E-state index in [4.69, 9.17) is 21.3 Å². The van der Waals surface area contributed by atoms with E-state index < -0.39 is 0 Å². The molecule has 1 saturated carbocycles. The molecule has 1 N–H and O–H groups in total. The third-order valence-corrected chi connectivity index (χ3v) is 7.69. The maximum absolute atomic E-state index is 13.1. The quantitative estimate of drug-likeness (QED) is 0.348. The molecule has 1 fully saturated rings. The molecule has 5 nitrogen and oxygen atoms in total. The van der Waals surface area contributed by atoms with Gasteiger partial charge in [0, 0.05) is 43.4 Å². The molecule has 0 saturated heterocycles. The summed E-state index contributed by atoms with van der Waals surface area (Å²) in [7, 11) is 1.71. The number of hydrogen-bond donors (Lipinski definition) is 1. The third kappa shape index (κ3) is 5.68. The minimum absolute atomic E-state index is 0.00590. The van der Waals surface area contributed by atoms with Crippen LogP contribution in [0.2, 0.25) is 5.02 Å². The van der Waals surface area contributed by atoms with Crippen LogP contribution in [0.1, 0.15) is 54.6 Å². The van der Waals surface area contributed by atoms with E-state index in [2.05, 4.69) is 9.88 Å². The van der Waals surface area contributed by atoms with Crippen LogP contribution >= 0.6 is 22.9 Å². The first-order valence-electron chi connectivity index (χ1n) is 11.8. The zero-order valence-corrected chi connectivity index (χ0v) is 21.0. The molecule has 176 valence electrons. The second-order valence-electron chi connectivity index (χ2n) is 8.76. The van der Waals surface area contributed by atoms with Crippen molar-refractivity contribution in [2.24, 2.45) is 5.92 Å². The van der Waals surface area contributed by atoms with Crippen molar-refractivity contribution in [2.45, 2.75) is 52.0 Å². The van der Waals surface area contributed by atoms with Crippen molar-refractivity contribution >= 4 is 28.8 Å². The second-order valence-corrected chi connectivity index (χ2v) is 10.0.